The van der Waals surface area contributed by atoms with Crippen molar-refractivity contribution < 1.29 is 22.7 Å². The van der Waals surface area contributed by atoms with Gasteiger partial charge in [0.2, 0.25) is 12.7 Å². The first-order chi connectivity index (χ1) is 13.4. The van der Waals surface area contributed by atoms with Crippen LogP contribution in [-0.2, 0) is 14.8 Å². The Morgan fingerprint density at radius 1 is 1.14 bits per heavy atom. The number of piperazine rings is 1. The zero-order chi connectivity index (χ0) is 19.7. The van der Waals surface area contributed by atoms with Crippen LogP contribution in [0, 0.1) is 0 Å². The molecule has 1 N–H and O–H groups in total. The molecule has 1 fully saturated rings. The quantitative estimate of drug-likeness (QED) is 0.789. The van der Waals surface area contributed by atoms with Crippen molar-refractivity contribution in [3.05, 3.63) is 35.7 Å². The molecule has 1 aromatic carbocycles. The molecule has 0 bridgehead atoms. The Kier molecular flexibility index (Phi) is 5.28. The Morgan fingerprint density at radius 3 is 2.61 bits per heavy atom. The van der Waals surface area contributed by atoms with Crippen molar-refractivity contribution in [2.45, 2.75) is 17.2 Å². The van der Waals surface area contributed by atoms with E-state index in [4.69, 9.17) is 9.47 Å². The standard InChI is InChI=1S/C18H21N3O5S2/c1-13(18(22)19-14-4-5-15-16(11-14)26-12-25-15)20-6-8-21(9-7-20)28(23,24)17-3-2-10-27-17/h2-5,10-11,13H,6-9,12H2,1H3,(H,19,22)/t13-/m0/s1. The summed E-state index contributed by atoms with van der Waals surface area (Å²) in [5.74, 6) is 1.13. The van der Waals surface area contributed by atoms with E-state index in [1.54, 1.807) is 35.7 Å². The fraction of sp³-hybridized carbons (Fsp3) is 0.389. The number of hydrogen-bond donors (Lipinski definition) is 1. The van der Waals surface area contributed by atoms with Crippen LogP contribution in [0.4, 0.5) is 5.69 Å². The van der Waals surface area contributed by atoms with Crippen molar-refractivity contribution >= 4 is 33.0 Å². The molecule has 3 heterocycles. The molecule has 2 aliphatic heterocycles. The summed E-state index contributed by atoms with van der Waals surface area (Å²) in [7, 11) is -3.44. The number of benzene rings is 1. The molecular formula is C18H21N3O5S2. The van der Waals surface area contributed by atoms with Crippen LogP contribution in [0.5, 0.6) is 11.5 Å². The Bertz CT molecular complexity index is 954. The number of hydrogen-bond acceptors (Lipinski definition) is 7. The fourth-order valence-electron chi connectivity index (χ4n) is 3.26. The van der Waals surface area contributed by atoms with Crippen molar-refractivity contribution in [3.8, 4) is 11.5 Å². The van der Waals surface area contributed by atoms with E-state index in [2.05, 4.69) is 5.32 Å². The van der Waals surface area contributed by atoms with Crippen LogP contribution in [0.3, 0.4) is 0 Å². The van der Waals surface area contributed by atoms with Crippen LogP contribution in [0.15, 0.2) is 39.9 Å². The highest BCUT2D eigenvalue weighted by Gasteiger charge is 2.32. The van der Waals surface area contributed by atoms with Gasteiger partial charge in [0, 0.05) is 37.9 Å². The van der Waals surface area contributed by atoms with E-state index in [1.165, 1.54) is 15.6 Å². The zero-order valence-corrected chi connectivity index (χ0v) is 17.0. The highest BCUT2D eigenvalue weighted by atomic mass is 32.2. The van der Waals surface area contributed by atoms with Gasteiger partial charge in [-0.15, -0.1) is 11.3 Å². The van der Waals surface area contributed by atoms with Crippen molar-refractivity contribution in [1.29, 1.82) is 0 Å². The van der Waals surface area contributed by atoms with Gasteiger partial charge in [-0.05, 0) is 30.5 Å². The first kappa shape index (κ1) is 19.2. The largest absolute Gasteiger partial charge is 0.454 e. The number of nitrogens with zero attached hydrogens (tertiary/aromatic N) is 2. The van der Waals surface area contributed by atoms with Crippen LogP contribution in [0.25, 0.3) is 0 Å². The maximum absolute atomic E-state index is 12.6. The Labute approximate surface area is 167 Å². The predicted octanol–water partition coefficient (Wildman–Crippen LogP) is 1.81. The van der Waals surface area contributed by atoms with Gasteiger partial charge < -0.3 is 14.8 Å². The maximum Gasteiger partial charge on any atom is 0.252 e. The van der Waals surface area contributed by atoms with Crippen molar-refractivity contribution in [2.24, 2.45) is 0 Å². The number of nitrogens with one attached hydrogen (secondary N) is 1. The van der Waals surface area contributed by atoms with E-state index in [0.29, 0.717) is 47.6 Å². The summed E-state index contributed by atoms with van der Waals surface area (Å²) in [4.78, 5) is 14.6. The lowest BCUT2D eigenvalue weighted by Gasteiger charge is -2.36. The molecule has 0 spiro atoms. The third-order valence-electron chi connectivity index (χ3n) is 4.93. The number of carbonyl (C=O) groups excluding carboxylic acids is 1. The molecule has 0 aliphatic carbocycles. The van der Waals surface area contributed by atoms with Crippen LogP contribution in [-0.4, -0.2) is 62.5 Å². The summed E-state index contributed by atoms with van der Waals surface area (Å²) in [5.41, 5.74) is 0.639. The summed E-state index contributed by atoms with van der Waals surface area (Å²) < 4.78 is 37.7. The summed E-state index contributed by atoms with van der Waals surface area (Å²) in [6, 6.07) is 8.24. The average Bonchev–Trinajstić information content (AvgIpc) is 3.39. The number of sulfonamides is 1. The molecule has 8 nitrogen and oxygen atoms in total. The third kappa shape index (κ3) is 3.72. The van der Waals surface area contributed by atoms with E-state index in [-0.39, 0.29) is 18.7 Å². The minimum Gasteiger partial charge on any atom is -0.454 e. The van der Waals surface area contributed by atoms with Gasteiger partial charge in [0.05, 0.1) is 6.04 Å². The van der Waals surface area contributed by atoms with Gasteiger partial charge >= 0.3 is 0 Å². The average molecular weight is 424 g/mol. The molecule has 150 valence electrons. The van der Waals surface area contributed by atoms with Gasteiger partial charge in [-0.1, -0.05) is 6.07 Å². The Balaban J connectivity index is 1.34. The molecule has 2 aliphatic rings. The van der Waals surface area contributed by atoms with Gasteiger partial charge in [-0.3, -0.25) is 9.69 Å². The van der Waals surface area contributed by atoms with Gasteiger partial charge in [0.1, 0.15) is 4.21 Å². The molecule has 1 amide bonds. The molecule has 4 rings (SSSR count). The van der Waals surface area contributed by atoms with Crippen molar-refractivity contribution in [2.75, 3.05) is 38.3 Å². The topological polar surface area (TPSA) is 88.2 Å². The molecule has 1 atom stereocenters. The lowest BCUT2D eigenvalue weighted by molar-refractivity contribution is -0.121. The molecule has 2 aromatic rings. The molecule has 1 saturated heterocycles. The minimum absolute atomic E-state index is 0.145. The lowest BCUT2D eigenvalue weighted by atomic mass is 10.2. The SMILES string of the molecule is C[C@@H](C(=O)Nc1ccc2c(c1)OCO2)N1CCN(S(=O)(=O)c2cccs2)CC1. The second kappa shape index (κ2) is 7.70. The maximum atomic E-state index is 12.6. The lowest BCUT2D eigenvalue weighted by Crippen LogP contribution is -2.53. The van der Waals surface area contributed by atoms with Crippen LogP contribution in [0.2, 0.25) is 0 Å². The fourth-order valence-corrected chi connectivity index (χ4v) is 5.82. The number of rotatable bonds is 5. The van der Waals surface area contributed by atoms with E-state index in [0.717, 1.165) is 0 Å². The first-order valence-electron chi connectivity index (χ1n) is 8.93. The first-order valence-corrected chi connectivity index (χ1v) is 11.3. The van der Waals surface area contributed by atoms with Gasteiger partial charge in [0.15, 0.2) is 11.5 Å². The van der Waals surface area contributed by atoms with Crippen LogP contribution in [0.1, 0.15) is 6.92 Å². The van der Waals surface area contributed by atoms with Crippen LogP contribution < -0.4 is 14.8 Å². The van der Waals surface area contributed by atoms with Crippen molar-refractivity contribution in [1.82, 2.24) is 9.21 Å². The molecule has 0 saturated carbocycles. The van der Waals surface area contributed by atoms with Gasteiger partial charge in [0.25, 0.3) is 10.0 Å². The van der Waals surface area contributed by atoms with E-state index in [9.17, 15) is 13.2 Å². The molecule has 28 heavy (non-hydrogen) atoms. The summed E-state index contributed by atoms with van der Waals surface area (Å²) >= 11 is 1.22. The molecule has 0 unspecified atom stereocenters. The molecule has 10 heteroatoms. The van der Waals surface area contributed by atoms with Gasteiger partial charge in [-0.2, -0.15) is 4.31 Å². The number of carbonyl (C=O) groups is 1. The van der Waals surface area contributed by atoms with Gasteiger partial charge in [-0.25, -0.2) is 8.42 Å². The predicted molar refractivity (Wildman–Crippen MR) is 105 cm³/mol. The smallest absolute Gasteiger partial charge is 0.252 e. The highest BCUT2D eigenvalue weighted by Crippen LogP contribution is 2.34. The summed E-state index contributed by atoms with van der Waals surface area (Å²) in [5, 5.41) is 4.64. The summed E-state index contributed by atoms with van der Waals surface area (Å²) in [6.07, 6.45) is 0. The van der Waals surface area contributed by atoms with Crippen LogP contribution >= 0.6 is 11.3 Å². The highest BCUT2D eigenvalue weighted by molar-refractivity contribution is 7.91. The summed E-state index contributed by atoms with van der Waals surface area (Å²) in [6.45, 7) is 3.73. The second-order valence-electron chi connectivity index (χ2n) is 6.61. The zero-order valence-electron chi connectivity index (χ0n) is 15.3. The monoisotopic (exact) mass is 423 g/mol. The molecular weight excluding hydrogens is 402 g/mol. The minimum atomic E-state index is -3.44. The third-order valence-corrected chi connectivity index (χ3v) is 8.20. The molecule has 0 radical (unpaired) electrons. The second-order valence-corrected chi connectivity index (χ2v) is 9.72. The Hall–Kier alpha value is -2.14. The molecule has 1 aromatic heterocycles. The number of fused-ring (bicyclic) bond motifs is 1. The Morgan fingerprint density at radius 2 is 1.89 bits per heavy atom. The number of amides is 1. The van der Waals surface area contributed by atoms with E-state index >= 15 is 0 Å². The van der Waals surface area contributed by atoms with Crippen molar-refractivity contribution in [3.63, 3.8) is 0 Å². The van der Waals surface area contributed by atoms with E-state index in [1.807, 2.05) is 11.8 Å². The number of thiophene rings is 1. The normalized spacial score (nSPS) is 18.8. The number of ether oxygens (including phenoxy) is 2. The van der Waals surface area contributed by atoms with E-state index < -0.39 is 10.0 Å². The number of anilines is 1.